The van der Waals surface area contributed by atoms with Crippen molar-refractivity contribution in [1.82, 2.24) is 0 Å². The summed E-state index contributed by atoms with van der Waals surface area (Å²) >= 11 is 0. The maximum atomic E-state index is 11.7. The van der Waals surface area contributed by atoms with Crippen molar-refractivity contribution in [1.29, 1.82) is 0 Å². The molecule has 18 heavy (non-hydrogen) atoms. The van der Waals surface area contributed by atoms with Crippen molar-refractivity contribution in [3.63, 3.8) is 0 Å². The number of carbonyl (C=O) groups is 1. The molecule has 2 aromatic rings. The van der Waals surface area contributed by atoms with E-state index in [4.69, 9.17) is 0 Å². The van der Waals surface area contributed by atoms with Crippen LogP contribution in [0.4, 0.5) is 5.69 Å². The highest BCUT2D eigenvalue weighted by molar-refractivity contribution is 6.01. The molecule has 1 aromatic heterocycles. The van der Waals surface area contributed by atoms with Gasteiger partial charge in [0.15, 0.2) is 6.20 Å². The lowest BCUT2D eigenvalue weighted by atomic mass is 10.3. The van der Waals surface area contributed by atoms with Crippen molar-refractivity contribution in [3.05, 3.63) is 66.5 Å². The van der Waals surface area contributed by atoms with Crippen LogP contribution in [0.2, 0.25) is 0 Å². The Morgan fingerprint density at radius 1 is 1.11 bits per heavy atom. The first-order valence-electron chi connectivity index (χ1n) is 5.74. The summed E-state index contributed by atoms with van der Waals surface area (Å²) in [7, 11) is 1.94. The van der Waals surface area contributed by atoms with Gasteiger partial charge < -0.3 is 5.32 Å². The Kier molecular flexibility index (Phi) is 3.86. The highest BCUT2D eigenvalue weighted by Crippen LogP contribution is 2.05. The second kappa shape index (κ2) is 5.77. The summed E-state index contributed by atoms with van der Waals surface area (Å²) in [5.74, 6) is -0.134. The predicted octanol–water partition coefficient (Wildman–Crippen LogP) is 2.16. The van der Waals surface area contributed by atoms with Crippen molar-refractivity contribution in [2.24, 2.45) is 7.05 Å². The minimum absolute atomic E-state index is 0.134. The van der Waals surface area contributed by atoms with E-state index in [-0.39, 0.29) is 5.91 Å². The van der Waals surface area contributed by atoms with E-state index in [0.717, 1.165) is 11.4 Å². The van der Waals surface area contributed by atoms with Crippen LogP contribution >= 0.6 is 0 Å². The molecule has 3 heteroatoms. The lowest BCUT2D eigenvalue weighted by Gasteiger charge is -2.00. The summed E-state index contributed by atoms with van der Waals surface area (Å²) in [4.78, 5) is 11.7. The largest absolute Gasteiger partial charge is 0.323 e. The van der Waals surface area contributed by atoms with Crippen LogP contribution in [-0.2, 0) is 11.8 Å². The van der Waals surface area contributed by atoms with Gasteiger partial charge in [-0.1, -0.05) is 18.2 Å². The number of para-hydroxylation sites is 1. The number of hydrogen-bond donors (Lipinski definition) is 1. The van der Waals surface area contributed by atoms with E-state index < -0.39 is 0 Å². The van der Waals surface area contributed by atoms with Crippen molar-refractivity contribution >= 4 is 17.7 Å². The maximum absolute atomic E-state index is 11.7. The minimum atomic E-state index is -0.134. The van der Waals surface area contributed by atoms with Crippen LogP contribution in [0.5, 0.6) is 0 Å². The molecule has 0 saturated carbocycles. The van der Waals surface area contributed by atoms with Gasteiger partial charge in [-0.05, 0) is 18.2 Å². The van der Waals surface area contributed by atoms with Crippen molar-refractivity contribution in [2.45, 2.75) is 0 Å². The number of carbonyl (C=O) groups excluding carboxylic acids is 1. The monoisotopic (exact) mass is 239 g/mol. The van der Waals surface area contributed by atoms with Crippen LogP contribution in [0.1, 0.15) is 5.69 Å². The molecule has 90 valence electrons. The second-order valence-corrected chi connectivity index (χ2v) is 3.93. The number of nitrogens with one attached hydrogen (secondary N) is 1. The zero-order chi connectivity index (χ0) is 12.8. The van der Waals surface area contributed by atoms with E-state index >= 15 is 0 Å². The SMILES string of the molecule is C[n+]1ccccc1C=CC(=O)Nc1ccccc1. The quantitative estimate of drug-likeness (QED) is 0.646. The molecule has 0 aliphatic heterocycles. The van der Waals surface area contributed by atoms with Crippen LogP contribution < -0.4 is 9.88 Å². The van der Waals surface area contributed by atoms with E-state index in [9.17, 15) is 4.79 Å². The number of aromatic nitrogens is 1. The number of rotatable bonds is 3. The molecule has 1 amide bonds. The zero-order valence-electron chi connectivity index (χ0n) is 10.2. The molecule has 0 aliphatic rings. The Morgan fingerprint density at radius 2 is 1.83 bits per heavy atom. The molecule has 3 nitrogen and oxygen atoms in total. The number of nitrogens with zero attached hydrogens (tertiary/aromatic N) is 1. The van der Waals surface area contributed by atoms with Gasteiger partial charge in [-0.15, -0.1) is 0 Å². The average Bonchev–Trinajstić information content (AvgIpc) is 2.39. The molecule has 0 fully saturated rings. The first-order valence-corrected chi connectivity index (χ1v) is 5.74. The fourth-order valence-corrected chi connectivity index (χ4v) is 1.58. The Hall–Kier alpha value is -2.42. The Bertz CT molecular complexity index is 562. The molecule has 0 radical (unpaired) electrons. The summed E-state index contributed by atoms with van der Waals surface area (Å²) in [5, 5.41) is 2.80. The number of aryl methyl sites for hydroxylation is 1. The third-order valence-corrected chi connectivity index (χ3v) is 2.54. The second-order valence-electron chi connectivity index (χ2n) is 3.93. The standard InChI is InChI=1S/C15H14N2O/c1-17-12-6-5-9-14(17)10-11-15(18)16-13-7-3-2-4-8-13/h2-12H,1H3/p+1. The number of hydrogen-bond acceptors (Lipinski definition) is 1. The van der Waals surface area contributed by atoms with E-state index in [0.29, 0.717) is 0 Å². The van der Waals surface area contributed by atoms with Crippen LogP contribution in [-0.4, -0.2) is 5.91 Å². The molecule has 1 heterocycles. The zero-order valence-corrected chi connectivity index (χ0v) is 10.2. The lowest BCUT2D eigenvalue weighted by molar-refractivity contribution is -0.673. The van der Waals surface area contributed by atoms with Gasteiger partial charge in [-0.25, -0.2) is 4.57 Å². The van der Waals surface area contributed by atoms with Gasteiger partial charge in [0.25, 0.3) is 0 Å². The van der Waals surface area contributed by atoms with E-state index in [1.807, 2.05) is 66.3 Å². The Balaban J connectivity index is 2.02. The van der Waals surface area contributed by atoms with E-state index in [1.165, 1.54) is 6.08 Å². The molecule has 2 rings (SSSR count). The summed E-state index contributed by atoms with van der Waals surface area (Å²) in [6.07, 6.45) is 5.26. The number of benzene rings is 1. The Morgan fingerprint density at radius 3 is 2.56 bits per heavy atom. The smallest absolute Gasteiger partial charge is 0.248 e. The summed E-state index contributed by atoms with van der Waals surface area (Å²) < 4.78 is 1.95. The molecule has 0 spiro atoms. The molecule has 1 aromatic carbocycles. The molecular formula is C15H15N2O+. The minimum Gasteiger partial charge on any atom is -0.323 e. The van der Waals surface area contributed by atoms with Gasteiger partial charge in [-0.3, -0.25) is 4.79 Å². The maximum Gasteiger partial charge on any atom is 0.248 e. The fraction of sp³-hybridized carbons (Fsp3) is 0.0667. The van der Waals surface area contributed by atoms with Gasteiger partial charge in [0.2, 0.25) is 11.6 Å². The molecule has 0 aliphatic carbocycles. The number of anilines is 1. The fourth-order valence-electron chi connectivity index (χ4n) is 1.58. The normalized spacial score (nSPS) is 10.5. The van der Waals surface area contributed by atoms with Gasteiger partial charge in [0.05, 0.1) is 0 Å². The molecule has 0 bridgehead atoms. The molecule has 0 unspecified atom stereocenters. The van der Waals surface area contributed by atoms with Crippen LogP contribution in [0.15, 0.2) is 60.8 Å². The summed E-state index contributed by atoms with van der Waals surface area (Å²) in [6.45, 7) is 0. The number of pyridine rings is 1. The highest BCUT2D eigenvalue weighted by atomic mass is 16.1. The average molecular weight is 239 g/mol. The molecule has 0 atom stereocenters. The first kappa shape index (κ1) is 12.0. The summed E-state index contributed by atoms with van der Waals surface area (Å²) in [5.41, 5.74) is 1.77. The highest BCUT2D eigenvalue weighted by Gasteiger charge is 2.01. The van der Waals surface area contributed by atoms with Gasteiger partial charge in [-0.2, -0.15) is 0 Å². The van der Waals surface area contributed by atoms with Crippen LogP contribution in [0.25, 0.3) is 6.08 Å². The molecule has 1 N–H and O–H groups in total. The van der Waals surface area contributed by atoms with Gasteiger partial charge in [0.1, 0.15) is 7.05 Å². The van der Waals surface area contributed by atoms with E-state index in [1.54, 1.807) is 6.08 Å². The molecule has 0 saturated heterocycles. The Labute approximate surface area is 106 Å². The van der Waals surface area contributed by atoms with Crippen molar-refractivity contribution in [2.75, 3.05) is 5.32 Å². The third kappa shape index (κ3) is 3.28. The predicted molar refractivity (Wildman–Crippen MR) is 71.7 cm³/mol. The van der Waals surface area contributed by atoms with Crippen molar-refractivity contribution in [3.8, 4) is 0 Å². The topological polar surface area (TPSA) is 33.0 Å². The van der Waals surface area contributed by atoms with Crippen LogP contribution in [0.3, 0.4) is 0 Å². The van der Waals surface area contributed by atoms with Gasteiger partial charge in [0, 0.05) is 30.0 Å². The van der Waals surface area contributed by atoms with Crippen LogP contribution in [0, 0.1) is 0 Å². The van der Waals surface area contributed by atoms with Gasteiger partial charge >= 0.3 is 0 Å². The summed E-state index contributed by atoms with van der Waals surface area (Å²) in [6, 6.07) is 15.2. The molecular weight excluding hydrogens is 224 g/mol. The van der Waals surface area contributed by atoms with Crippen molar-refractivity contribution < 1.29 is 9.36 Å². The first-order chi connectivity index (χ1) is 8.75. The van der Waals surface area contributed by atoms with E-state index in [2.05, 4.69) is 5.32 Å². The third-order valence-electron chi connectivity index (χ3n) is 2.54. The number of amides is 1. The lowest BCUT2D eigenvalue weighted by Crippen LogP contribution is -2.30.